The van der Waals surface area contributed by atoms with Gasteiger partial charge in [-0.1, -0.05) is 17.3 Å². The first kappa shape index (κ1) is 24.1. The van der Waals surface area contributed by atoms with Crippen molar-refractivity contribution in [3.05, 3.63) is 59.5 Å². The number of pyridine rings is 1. The van der Waals surface area contributed by atoms with Gasteiger partial charge in [-0.2, -0.15) is 0 Å². The third kappa shape index (κ3) is 4.38. The van der Waals surface area contributed by atoms with Crippen molar-refractivity contribution in [2.24, 2.45) is 0 Å². The van der Waals surface area contributed by atoms with Gasteiger partial charge in [0.1, 0.15) is 23.9 Å². The number of halogens is 2. The van der Waals surface area contributed by atoms with Crippen molar-refractivity contribution in [1.29, 1.82) is 0 Å². The Kier molecular flexibility index (Phi) is 6.27. The maximum absolute atomic E-state index is 13.0. The first-order valence-electron chi connectivity index (χ1n) is 12.3. The number of amides is 1. The molecule has 1 aromatic carbocycles. The van der Waals surface area contributed by atoms with Gasteiger partial charge in [0.2, 0.25) is 11.8 Å². The molecule has 2 saturated heterocycles. The van der Waals surface area contributed by atoms with Crippen LogP contribution in [0.4, 0.5) is 14.6 Å². The van der Waals surface area contributed by atoms with E-state index in [4.69, 9.17) is 4.74 Å². The minimum atomic E-state index is -2.54. The van der Waals surface area contributed by atoms with Crippen molar-refractivity contribution in [2.45, 2.75) is 26.0 Å². The largest absolute Gasteiger partial charge is 0.470 e. The molecule has 0 spiro atoms. The maximum Gasteiger partial charge on any atom is 0.263 e. The number of rotatable bonds is 6. The van der Waals surface area contributed by atoms with Crippen molar-refractivity contribution in [2.75, 3.05) is 37.6 Å². The number of nitrogens with zero attached hydrogens (tertiary/aromatic N) is 8. The molecule has 2 aliphatic heterocycles. The number of anilines is 1. The van der Waals surface area contributed by atoms with Gasteiger partial charge in [0.25, 0.3) is 6.43 Å². The Bertz CT molecular complexity index is 1480. The molecule has 13 heteroatoms. The Balaban J connectivity index is 1.26. The Hall–Kier alpha value is -4.26. The van der Waals surface area contributed by atoms with Crippen LogP contribution in [-0.2, 0) is 11.4 Å². The van der Waals surface area contributed by atoms with E-state index in [2.05, 4.69) is 35.7 Å². The summed E-state index contributed by atoms with van der Waals surface area (Å²) in [5.41, 5.74) is 2.44. The fourth-order valence-electron chi connectivity index (χ4n) is 4.89. The molecule has 1 unspecified atom stereocenters. The molecule has 0 aliphatic carbocycles. The van der Waals surface area contributed by atoms with Gasteiger partial charge < -0.3 is 15.0 Å². The van der Waals surface area contributed by atoms with E-state index in [-0.39, 0.29) is 24.1 Å². The van der Waals surface area contributed by atoms with Crippen molar-refractivity contribution < 1.29 is 18.3 Å². The normalized spacial score (nSPS) is 18.1. The fourth-order valence-corrected chi connectivity index (χ4v) is 4.89. The van der Waals surface area contributed by atoms with E-state index in [0.717, 1.165) is 13.1 Å². The van der Waals surface area contributed by atoms with Crippen LogP contribution in [0.1, 0.15) is 23.4 Å². The highest BCUT2D eigenvalue weighted by atomic mass is 19.3. The molecule has 3 aromatic heterocycles. The third-order valence-corrected chi connectivity index (χ3v) is 6.97. The van der Waals surface area contributed by atoms with Crippen LogP contribution in [0.2, 0.25) is 0 Å². The van der Waals surface area contributed by atoms with Gasteiger partial charge in [0, 0.05) is 44.5 Å². The molecule has 5 heterocycles. The third-order valence-electron chi connectivity index (χ3n) is 6.97. The minimum Gasteiger partial charge on any atom is -0.470 e. The molecule has 0 saturated carbocycles. The molecule has 2 aliphatic rings. The molecule has 11 nitrogen and oxygen atoms in total. The van der Waals surface area contributed by atoms with E-state index in [1.54, 1.807) is 36.0 Å². The molecule has 0 bridgehead atoms. The summed E-state index contributed by atoms with van der Waals surface area (Å²) in [5.74, 6) is 0.926. The van der Waals surface area contributed by atoms with Crippen LogP contribution in [0.15, 0.2) is 42.6 Å². The predicted molar refractivity (Wildman–Crippen MR) is 133 cm³/mol. The average molecular weight is 522 g/mol. The van der Waals surface area contributed by atoms with Crippen LogP contribution in [0.5, 0.6) is 5.88 Å². The van der Waals surface area contributed by atoms with Crippen LogP contribution in [-0.4, -0.2) is 79.7 Å². The summed E-state index contributed by atoms with van der Waals surface area (Å²) in [6.07, 6.45) is -0.857. The Morgan fingerprint density at radius 2 is 1.95 bits per heavy atom. The lowest BCUT2D eigenvalue weighted by molar-refractivity contribution is -0.129. The minimum absolute atomic E-state index is 0.0237. The number of carbonyl (C=O) groups is 1. The SMILES string of the molecule is Cc1nnn(-c2ccc(C(F)F)cc2)c1COc1nnc(N2CCN3CCNC(=O)C3C2)c2ncccc12. The van der Waals surface area contributed by atoms with E-state index >= 15 is 0 Å². The van der Waals surface area contributed by atoms with E-state index in [9.17, 15) is 13.6 Å². The van der Waals surface area contributed by atoms with Crippen molar-refractivity contribution in [3.8, 4) is 11.6 Å². The summed E-state index contributed by atoms with van der Waals surface area (Å²) >= 11 is 0. The Morgan fingerprint density at radius 1 is 1.11 bits per heavy atom. The number of nitrogens with one attached hydrogen (secondary N) is 1. The molecule has 0 radical (unpaired) electrons. The molecule has 1 atom stereocenters. The van der Waals surface area contributed by atoms with Crippen LogP contribution in [0.25, 0.3) is 16.6 Å². The summed E-state index contributed by atoms with van der Waals surface area (Å²) in [7, 11) is 0. The van der Waals surface area contributed by atoms with Gasteiger partial charge in [-0.15, -0.1) is 15.3 Å². The lowest BCUT2D eigenvalue weighted by Gasteiger charge is -2.43. The number of piperazine rings is 2. The van der Waals surface area contributed by atoms with Crippen LogP contribution < -0.4 is 15.0 Å². The van der Waals surface area contributed by atoms with Crippen molar-refractivity contribution in [1.82, 2.24) is 40.4 Å². The van der Waals surface area contributed by atoms with Gasteiger partial charge >= 0.3 is 0 Å². The fraction of sp³-hybridized carbons (Fsp3) is 0.360. The Labute approximate surface area is 216 Å². The smallest absolute Gasteiger partial charge is 0.263 e. The highest BCUT2D eigenvalue weighted by molar-refractivity contribution is 5.92. The number of carbonyl (C=O) groups excluding carboxylic acids is 1. The lowest BCUT2D eigenvalue weighted by atomic mass is 10.1. The summed E-state index contributed by atoms with van der Waals surface area (Å²) < 4.78 is 33.6. The number of hydrogen-bond acceptors (Lipinski definition) is 9. The van der Waals surface area contributed by atoms with Gasteiger partial charge in [-0.25, -0.2) is 13.5 Å². The lowest BCUT2D eigenvalue weighted by Crippen LogP contribution is -2.64. The average Bonchev–Trinajstić information content (AvgIpc) is 3.31. The van der Waals surface area contributed by atoms with Crippen LogP contribution >= 0.6 is 0 Å². The molecule has 38 heavy (non-hydrogen) atoms. The van der Waals surface area contributed by atoms with E-state index in [1.807, 2.05) is 11.0 Å². The summed E-state index contributed by atoms with van der Waals surface area (Å²) in [6.45, 7) is 5.34. The zero-order chi connectivity index (χ0) is 26.2. The quantitative estimate of drug-likeness (QED) is 0.407. The molecular weight excluding hydrogens is 496 g/mol. The number of aromatic nitrogens is 6. The first-order valence-corrected chi connectivity index (χ1v) is 12.3. The second-order valence-corrected chi connectivity index (χ2v) is 9.23. The molecular formula is C25H25F2N9O2. The number of ether oxygens (including phenoxy) is 1. The zero-order valence-corrected chi connectivity index (χ0v) is 20.6. The summed E-state index contributed by atoms with van der Waals surface area (Å²) in [4.78, 5) is 21.2. The highest BCUT2D eigenvalue weighted by Crippen LogP contribution is 2.30. The number of aryl methyl sites for hydroxylation is 1. The number of fused-ring (bicyclic) bond motifs is 2. The van der Waals surface area contributed by atoms with E-state index in [1.165, 1.54) is 12.1 Å². The van der Waals surface area contributed by atoms with Crippen LogP contribution in [0, 0.1) is 6.92 Å². The number of benzene rings is 1. The number of hydrogen-bond donors (Lipinski definition) is 1. The van der Waals surface area contributed by atoms with Gasteiger partial charge in [-0.05, 0) is 31.2 Å². The molecule has 2 fully saturated rings. The highest BCUT2D eigenvalue weighted by Gasteiger charge is 2.36. The zero-order valence-electron chi connectivity index (χ0n) is 20.6. The van der Waals surface area contributed by atoms with Crippen molar-refractivity contribution >= 4 is 22.6 Å². The molecule has 4 aromatic rings. The van der Waals surface area contributed by atoms with Gasteiger partial charge in [0.05, 0.1) is 16.8 Å². The predicted octanol–water partition coefficient (Wildman–Crippen LogP) is 2.05. The second-order valence-electron chi connectivity index (χ2n) is 9.23. The first-order chi connectivity index (χ1) is 18.5. The summed E-state index contributed by atoms with van der Waals surface area (Å²) in [6, 6.07) is 9.29. The van der Waals surface area contributed by atoms with E-state index < -0.39 is 6.43 Å². The number of alkyl halides is 2. The van der Waals surface area contributed by atoms with Gasteiger partial charge in [-0.3, -0.25) is 14.7 Å². The second kappa shape index (κ2) is 9.89. The van der Waals surface area contributed by atoms with Gasteiger partial charge in [0.15, 0.2) is 5.82 Å². The Morgan fingerprint density at radius 3 is 2.76 bits per heavy atom. The van der Waals surface area contributed by atoms with Crippen molar-refractivity contribution in [3.63, 3.8) is 0 Å². The topological polar surface area (TPSA) is 114 Å². The molecule has 196 valence electrons. The molecule has 1 N–H and O–H groups in total. The summed E-state index contributed by atoms with van der Waals surface area (Å²) in [5, 5.41) is 20.7. The maximum atomic E-state index is 13.0. The van der Waals surface area contributed by atoms with E-state index in [0.29, 0.717) is 59.3 Å². The molecule has 1 amide bonds. The molecule has 6 rings (SSSR count). The van der Waals surface area contributed by atoms with Crippen LogP contribution in [0.3, 0.4) is 0 Å². The standard InChI is InChI=1S/C25H25F2N9O2/c1-15-20(36(33-30-15)17-6-4-16(5-7-17)22(26)27)14-38-25-18-3-2-8-28-21(18)23(31-32-25)35-12-11-34-10-9-29-24(37)19(34)13-35/h2-8,19,22H,9-14H2,1H3,(H,29,37). The monoisotopic (exact) mass is 521 g/mol.